The number of fused-ring (bicyclic) bond motifs is 2. The van der Waals surface area contributed by atoms with Crippen molar-refractivity contribution in [2.45, 2.75) is 31.9 Å². The van der Waals surface area contributed by atoms with Crippen molar-refractivity contribution >= 4 is 6.09 Å². The molecule has 2 bridgehead atoms. The molecule has 2 aliphatic rings. The lowest BCUT2D eigenvalue weighted by Crippen LogP contribution is -2.35. The van der Waals surface area contributed by atoms with E-state index in [9.17, 15) is 4.79 Å². The van der Waals surface area contributed by atoms with E-state index in [1.54, 1.807) is 0 Å². The van der Waals surface area contributed by atoms with Gasteiger partial charge in [0.1, 0.15) is 6.61 Å². The number of carbonyl (C=O) groups excluding carboxylic acids is 1. The molecule has 1 aromatic rings. The molecule has 1 aliphatic carbocycles. The van der Waals surface area contributed by atoms with Crippen LogP contribution in [-0.2, 0) is 11.3 Å². The maximum Gasteiger partial charge on any atom is 0.410 e. The predicted octanol–water partition coefficient (Wildman–Crippen LogP) is 2.38. The fourth-order valence-electron chi connectivity index (χ4n) is 3.55. The van der Waals surface area contributed by atoms with Gasteiger partial charge in [-0.05, 0) is 43.2 Å². The second-order valence-electron chi connectivity index (χ2n) is 5.92. The zero-order valence-corrected chi connectivity index (χ0v) is 11.7. The fourth-order valence-corrected chi connectivity index (χ4v) is 3.55. The van der Waals surface area contributed by atoms with Gasteiger partial charge in [-0.1, -0.05) is 30.3 Å². The zero-order valence-electron chi connectivity index (χ0n) is 11.7. The SMILES string of the molecule is NCC1CCC2CC1CN2C(=O)OCc1ccccc1. The van der Waals surface area contributed by atoms with Gasteiger partial charge in [0.05, 0.1) is 0 Å². The molecule has 2 fully saturated rings. The Morgan fingerprint density at radius 1 is 1.30 bits per heavy atom. The maximum atomic E-state index is 12.2. The minimum Gasteiger partial charge on any atom is -0.445 e. The number of nitrogens with two attached hydrogens (primary N) is 1. The van der Waals surface area contributed by atoms with E-state index in [-0.39, 0.29) is 6.09 Å². The van der Waals surface area contributed by atoms with Crippen molar-refractivity contribution in [1.82, 2.24) is 4.90 Å². The summed E-state index contributed by atoms with van der Waals surface area (Å²) >= 11 is 0. The van der Waals surface area contributed by atoms with Crippen LogP contribution in [-0.4, -0.2) is 30.1 Å². The summed E-state index contributed by atoms with van der Waals surface area (Å²) in [7, 11) is 0. The van der Waals surface area contributed by atoms with Crippen molar-refractivity contribution in [2.75, 3.05) is 13.1 Å². The van der Waals surface area contributed by atoms with E-state index < -0.39 is 0 Å². The van der Waals surface area contributed by atoms with E-state index >= 15 is 0 Å². The van der Waals surface area contributed by atoms with E-state index in [0.29, 0.717) is 24.5 Å². The Hall–Kier alpha value is -1.55. The molecule has 1 aliphatic heterocycles. The summed E-state index contributed by atoms with van der Waals surface area (Å²) in [4.78, 5) is 14.1. The number of carbonyl (C=O) groups is 1. The summed E-state index contributed by atoms with van der Waals surface area (Å²) in [5.41, 5.74) is 6.84. The zero-order chi connectivity index (χ0) is 13.9. The first-order chi connectivity index (χ1) is 9.78. The van der Waals surface area contributed by atoms with E-state index in [1.165, 1.54) is 0 Å². The molecule has 4 nitrogen and oxygen atoms in total. The molecule has 0 aromatic heterocycles. The fraction of sp³-hybridized carbons (Fsp3) is 0.562. The van der Waals surface area contributed by atoms with Crippen LogP contribution in [0.1, 0.15) is 24.8 Å². The quantitative estimate of drug-likeness (QED) is 0.920. The van der Waals surface area contributed by atoms with Gasteiger partial charge >= 0.3 is 6.09 Å². The molecule has 0 radical (unpaired) electrons. The van der Waals surface area contributed by atoms with E-state index in [0.717, 1.165) is 37.9 Å². The molecule has 1 saturated carbocycles. The van der Waals surface area contributed by atoms with Crippen LogP contribution >= 0.6 is 0 Å². The second-order valence-corrected chi connectivity index (χ2v) is 5.92. The lowest BCUT2D eigenvalue weighted by Gasteiger charge is -2.27. The Labute approximate surface area is 119 Å². The van der Waals surface area contributed by atoms with Crippen molar-refractivity contribution < 1.29 is 9.53 Å². The van der Waals surface area contributed by atoms with E-state index in [2.05, 4.69) is 0 Å². The smallest absolute Gasteiger partial charge is 0.410 e. The second kappa shape index (κ2) is 5.83. The first-order valence-corrected chi connectivity index (χ1v) is 7.45. The number of benzene rings is 1. The van der Waals surface area contributed by atoms with Crippen LogP contribution in [0.3, 0.4) is 0 Å². The molecule has 4 heteroatoms. The van der Waals surface area contributed by atoms with Gasteiger partial charge in [-0.15, -0.1) is 0 Å². The van der Waals surface area contributed by atoms with Crippen LogP contribution in [0.4, 0.5) is 4.79 Å². The molecular weight excluding hydrogens is 252 g/mol. The Balaban J connectivity index is 1.56. The number of hydrogen-bond donors (Lipinski definition) is 1. The summed E-state index contributed by atoms with van der Waals surface area (Å²) in [6, 6.07) is 10.2. The molecule has 3 atom stereocenters. The summed E-state index contributed by atoms with van der Waals surface area (Å²) < 4.78 is 5.44. The third-order valence-corrected chi connectivity index (χ3v) is 4.73. The lowest BCUT2D eigenvalue weighted by molar-refractivity contribution is 0.0914. The van der Waals surface area contributed by atoms with Crippen molar-refractivity contribution in [3.05, 3.63) is 35.9 Å². The third-order valence-electron chi connectivity index (χ3n) is 4.73. The number of hydrogen-bond acceptors (Lipinski definition) is 3. The minimum atomic E-state index is -0.168. The molecule has 0 spiro atoms. The summed E-state index contributed by atoms with van der Waals surface area (Å²) in [6.07, 6.45) is 3.15. The average Bonchev–Trinajstić information content (AvgIpc) is 2.84. The molecule has 2 N–H and O–H groups in total. The summed E-state index contributed by atoms with van der Waals surface area (Å²) in [5.74, 6) is 1.15. The van der Waals surface area contributed by atoms with Gasteiger partial charge in [0, 0.05) is 12.6 Å². The normalized spacial score (nSPS) is 28.4. The molecule has 1 heterocycles. The van der Waals surface area contributed by atoms with E-state index in [4.69, 9.17) is 10.5 Å². The maximum absolute atomic E-state index is 12.2. The summed E-state index contributed by atoms with van der Waals surface area (Å²) in [6.45, 7) is 1.92. The standard InChI is InChI=1S/C16H22N2O2/c17-9-13-6-7-15-8-14(13)10-18(15)16(19)20-11-12-4-2-1-3-5-12/h1-5,13-15H,6-11,17H2. The highest BCUT2D eigenvalue weighted by Crippen LogP contribution is 2.39. The van der Waals surface area contributed by atoms with Gasteiger partial charge in [-0.3, -0.25) is 0 Å². The Morgan fingerprint density at radius 3 is 2.85 bits per heavy atom. The summed E-state index contributed by atoms with van der Waals surface area (Å²) in [5, 5.41) is 0. The number of ether oxygens (including phenoxy) is 1. The van der Waals surface area contributed by atoms with Crippen LogP contribution in [0.15, 0.2) is 30.3 Å². The highest BCUT2D eigenvalue weighted by Gasteiger charge is 2.42. The molecule has 20 heavy (non-hydrogen) atoms. The number of likely N-dealkylation sites (tertiary alicyclic amines) is 1. The number of nitrogens with zero attached hydrogens (tertiary/aromatic N) is 1. The molecule has 1 saturated heterocycles. The van der Waals surface area contributed by atoms with Gasteiger partial charge in [-0.2, -0.15) is 0 Å². The number of amides is 1. The van der Waals surface area contributed by atoms with Gasteiger partial charge in [-0.25, -0.2) is 4.79 Å². The van der Waals surface area contributed by atoms with Gasteiger partial charge in [0.15, 0.2) is 0 Å². The topological polar surface area (TPSA) is 55.6 Å². The molecule has 1 amide bonds. The van der Waals surface area contributed by atoms with Crippen molar-refractivity contribution in [2.24, 2.45) is 17.6 Å². The molecular formula is C16H22N2O2. The molecule has 3 rings (SSSR count). The van der Waals surface area contributed by atoms with Crippen LogP contribution in [0.5, 0.6) is 0 Å². The Kier molecular flexibility index (Phi) is 3.92. The van der Waals surface area contributed by atoms with Crippen LogP contribution in [0.2, 0.25) is 0 Å². The molecule has 1 aromatic carbocycles. The highest BCUT2D eigenvalue weighted by atomic mass is 16.6. The van der Waals surface area contributed by atoms with Gasteiger partial charge in [0.2, 0.25) is 0 Å². The third kappa shape index (κ3) is 2.66. The van der Waals surface area contributed by atoms with E-state index in [1.807, 2.05) is 35.2 Å². The predicted molar refractivity (Wildman–Crippen MR) is 77.0 cm³/mol. The molecule has 108 valence electrons. The largest absolute Gasteiger partial charge is 0.445 e. The highest BCUT2D eigenvalue weighted by molar-refractivity contribution is 5.68. The van der Waals surface area contributed by atoms with Gasteiger partial charge in [0.25, 0.3) is 0 Å². The van der Waals surface area contributed by atoms with Crippen molar-refractivity contribution in [1.29, 1.82) is 0 Å². The van der Waals surface area contributed by atoms with Crippen LogP contribution in [0.25, 0.3) is 0 Å². The minimum absolute atomic E-state index is 0.168. The first-order valence-electron chi connectivity index (χ1n) is 7.45. The number of rotatable bonds is 3. The average molecular weight is 274 g/mol. The Bertz CT molecular complexity index is 463. The first kappa shape index (κ1) is 13.4. The van der Waals surface area contributed by atoms with Gasteiger partial charge < -0.3 is 15.4 Å². The van der Waals surface area contributed by atoms with Crippen LogP contribution in [0, 0.1) is 11.8 Å². The molecule has 3 unspecified atom stereocenters. The Morgan fingerprint density at radius 2 is 2.10 bits per heavy atom. The van der Waals surface area contributed by atoms with Crippen molar-refractivity contribution in [3.8, 4) is 0 Å². The monoisotopic (exact) mass is 274 g/mol. The van der Waals surface area contributed by atoms with Crippen LogP contribution < -0.4 is 5.73 Å². The van der Waals surface area contributed by atoms with Crippen molar-refractivity contribution in [3.63, 3.8) is 0 Å². The lowest BCUT2D eigenvalue weighted by atomic mass is 9.80.